The Kier molecular flexibility index (Phi) is 6.38. The Morgan fingerprint density at radius 3 is 2.44 bits per heavy atom. The number of hydrogen-bond acceptors (Lipinski definition) is 3. The standard InChI is InChI=1S/C18H25N3O4/c1-21(13-14-6-3-2-4-7-14)17(25)19-11-8-15(22)20-18(9-5-10-18)12-16(23)24/h2-4,6-7H,5,8-13H2,1H3,(H,19,25)(H,20,22)(H,23,24). The molecular formula is C18H25N3O4. The van der Waals surface area contributed by atoms with Gasteiger partial charge in [0.25, 0.3) is 0 Å². The number of rotatable bonds is 8. The zero-order valence-electron chi connectivity index (χ0n) is 14.5. The smallest absolute Gasteiger partial charge is 0.317 e. The lowest BCUT2D eigenvalue weighted by Gasteiger charge is -2.41. The van der Waals surface area contributed by atoms with E-state index in [9.17, 15) is 14.4 Å². The van der Waals surface area contributed by atoms with Gasteiger partial charge in [-0.15, -0.1) is 0 Å². The first-order valence-corrected chi connectivity index (χ1v) is 8.46. The second kappa shape index (κ2) is 8.50. The predicted molar refractivity (Wildman–Crippen MR) is 92.9 cm³/mol. The van der Waals surface area contributed by atoms with E-state index in [2.05, 4.69) is 10.6 Å². The molecule has 0 bridgehead atoms. The van der Waals surface area contributed by atoms with Crippen molar-refractivity contribution < 1.29 is 19.5 Å². The molecule has 0 radical (unpaired) electrons. The van der Waals surface area contributed by atoms with Gasteiger partial charge in [0.15, 0.2) is 0 Å². The molecule has 7 heteroatoms. The van der Waals surface area contributed by atoms with Crippen LogP contribution < -0.4 is 10.6 Å². The molecule has 0 atom stereocenters. The van der Waals surface area contributed by atoms with E-state index in [1.54, 1.807) is 11.9 Å². The minimum atomic E-state index is -0.907. The summed E-state index contributed by atoms with van der Waals surface area (Å²) in [5.74, 6) is -1.14. The summed E-state index contributed by atoms with van der Waals surface area (Å²) in [6, 6.07) is 9.38. The fourth-order valence-corrected chi connectivity index (χ4v) is 2.94. The fourth-order valence-electron chi connectivity index (χ4n) is 2.94. The highest BCUT2D eigenvalue weighted by atomic mass is 16.4. The van der Waals surface area contributed by atoms with Crippen molar-refractivity contribution in [2.24, 2.45) is 0 Å². The molecule has 136 valence electrons. The first kappa shape index (κ1) is 18.8. The lowest BCUT2D eigenvalue weighted by atomic mass is 9.74. The molecule has 0 heterocycles. The summed E-state index contributed by atoms with van der Waals surface area (Å²) >= 11 is 0. The maximum Gasteiger partial charge on any atom is 0.317 e. The zero-order chi connectivity index (χ0) is 18.3. The van der Waals surface area contributed by atoms with Crippen LogP contribution >= 0.6 is 0 Å². The number of amides is 3. The minimum Gasteiger partial charge on any atom is -0.481 e. The predicted octanol–water partition coefficient (Wildman–Crippen LogP) is 1.73. The number of carbonyl (C=O) groups is 3. The maximum absolute atomic E-state index is 12.0. The van der Waals surface area contributed by atoms with Crippen LogP contribution in [-0.4, -0.2) is 47.0 Å². The zero-order valence-corrected chi connectivity index (χ0v) is 14.5. The van der Waals surface area contributed by atoms with Gasteiger partial charge < -0.3 is 20.6 Å². The van der Waals surface area contributed by atoms with Crippen molar-refractivity contribution in [3.8, 4) is 0 Å². The molecule has 25 heavy (non-hydrogen) atoms. The van der Waals surface area contributed by atoms with E-state index in [1.807, 2.05) is 30.3 Å². The summed E-state index contributed by atoms with van der Waals surface area (Å²) in [4.78, 5) is 36.5. The Morgan fingerprint density at radius 2 is 1.88 bits per heavy atom. The number of urea groups is 1. The molecule has 1 fully saturated rings. The van der Waals surface area contributed by atoms with Gasteiger partial charge in [-0.25, -0.2) is 4.79 Å². The largest absolute Gasteiger partial charge is 0.481 e. The van der Waals surface area contributed by atoms with Crippen LogP contribution in [0.4, 0.5) is 4.79 Å². The monoisotopic (exact) mass is 347 g/mol. The van der Waals surface area contributed by atoms with Crippen LogP contribution in [0.1, 0.15) is 37.7 Å². The third kappa shape index (κ3) is 5.77. The molecule has 1 saturated carbocycles. The average Bonchev–Trinajstić information content (AvgIpc) is 2.53. The Hall–Kier alpha value is -2.57. The van der Waals surface area contributed by atoms with Crippen molar-refractivity contribution in [2.75, 3.05) is 13.6 Å². The molecule has 0 unspecified atom stereocenters. The molecule has 3 N–H and O–H groups in total. The third-order valence-electron chi connectivity index (χ3n) is 4.44. The van der Waals surface area contributed by atoms with Crippen LogP contribution in [0.2, 0.25) is 0 Å². The lowest BCUT2D eigenvalue weighted by Crippen LogP contribution is -2.55. The molecule has 1 aromatic rings. The molecule has 0 aromatic heterocycles. The van der Waals surface area contributed by atoms with Crippen molar-refractivity contribution in [3.63, 3.8) is 0 Å². The molecule has 3 amide bonds. The highest BCUT2D eigenvalue weighted by Crippen LogP contribution is 2.34. The van der Waals surface area contributed by atoms with E-state index in [4.69, 9.17) is 5.11 Å². The van der Waals surface area contributed by atoms with E-state index in [1.165, 1.54) is 0 Å². The number of aliphatic carboxylic acids is 1. The molecule has 7 nitrogen and oxygen atoms in total. The summed E-state index contributed by atoms with van der Waals surface area (Å²) < 4.78 is 0. The molecule has 1 aliphatic carbocycles. The van der Waals surface area contributed by atoms with Crippen LogP contribution in [-0.2, 0) is 16.1 Å². The average molecular weight is 347 g/mol. The van der Waals surface area contributed by atoms with Gasteiger partial charge in [0.2, 0.25) is 5.91 Å². The molecule has 2 rings (SSSR count). The van der Waals surface area contributed by atoms with Crippen LogP contribution in [0.3, 0.4) is 0 Å². The molecule has 1 aliphatic rings. The molecule has 1 aromatic carbocycles. The first-order chi connectivity index (χ1) is 11.9. The van der Waals surface area contributed by atoms with Gasteiger partial charge in [-0.1, -0.05) is 30.3 Å². The van der Waals surface area contributed by atoms with Crippen molar-refractivity contribution in [2.45, 2.75) is 44.2 Å². The van der Waals surface area contributed by atoms with Crippen molar-refractivity contribution >= 4 is 17.9 Å². The number of nitrogens with zero attached hydrogens (tertiary/aromatic N) is 1. The van der Waals surface area contributed by atoms with Gasteiger partial charge in [-0.05, 0) is 24.8 Å². The molecular weight excluding hydrogens is 322 g/mol. The van der Waals surface area contributed by atoms with E-state index in [0.29, 0.717) is 19.4 Å². The summed E-state index contributed by atoms with van der Waals surface area (Å²) in [7, 11) is 1.69. The fraction of sp³-hybridized carbons (Fsp3) is 0.500. The number of carboxylic acids is 1. The Bertz CT molecular complexity index is 614. The minimum absolute atomic E-state index is 0.0507. The maximum atomic E-state index is 12.0. The second-order valence-corrected chi connectivity index (χ2v) is 6.58. The third-order valence-corrected chi connectivity index (χ3v) is 4.44. The number of nitrogens with one attached hydrogen (secondary N) is 2. The van der Waals surface area contributed by atoms with Gasteiger partial charge in [0.05, 0.1) is 12.0 Å². The van der Waals surface area contributed by atoms with Crippen molar-refractivity contribution in [1.82, 2.24) is 15.5 Å². The Balaban J connectivity index is 1.69. The summed E-state index contributed by atoms with van der Waals surface area (Å²) in [6.07, 6.45) is 2.39. The Morgan fingerprint density at radius 1 is 1.20 bits per heavy atom. The van der Waals surface area contributed by atoms with E-state index in [-0.39, 0.29) is 31.3 Å². The van der Waals surface area contributed by atoms with Gasteiger partial charge in [0.1, 0.15) is 0 Å². The van der Waals surface area contributed by atoms with Crippen LogP contribution in [0.25, 0.3) is 0 Å². The SMILES string of the molecule is CN(Cc1ccccc1)C(=O)NCCC(=O)NC1(CC(=O)O)CCC1. The van der Waals surface area contributed by atoms with Crippen LogP contribution in [0, 0.1) is 0 Å². The highest BCUT2D eigenvalue weighted by molar-refractivity contribution is 5.80. The van der Waals surface area contributed by atoms with Crippen molar-refractivity contribution in [1.29, 1.82) is 0 Å². The van der Waals surface area contributed by atoms with Gasteiger partial charge in [-0.3, -0.25) is 9.59 Å². The van der Waals surface area contributed by atoms with Crippen LogP contribution in [0.5, 0.6) is 0 Å². The highest BCUT2D eigenvalue weighted by Gasteiger charge is 2.40. The van der Waals surface area contributed by atoms with E-state index >= 15 is 0 Å². The normalized spacial score (nSPS) is 14.9. The summed E-state index contributed by atoms with van der Waals surface area (Å²) in [6.45, 7) is 0.702. The van der Waals surface area contributed by atoms with E-state index < -0.39 is 11.5 Å². The van der Waals surface area contributed by atoms with Gasteiger partial charge in [-0.2, -0.15) is 0 Å². The quantitative estimate of drug-likeness (QED) is 0.667. The van der Waals surface area contributed by atoms with Gasteiger partial charge >= 0.3 is 12.0 Å². The number of hydrogen-bond donors (Lipinski definition) is 3. The topological polar surface area (TPSA) is 98.7 Å². The lowest BCUT2D eigenvalue weighted by molar-refractivity contribution is -0.140. The second-order valence-electron chi connectivity index (χ2n) is 6.58. The van der Waals surface area contributed by atoms with E-state index in [0.717, 1.165) is 12.0 Å². The first-order valence-electron chi connectivity index (χ1n) is 8.46. The number of carboxylic acid groups (broad SMARTS) is 1. The van der Waals surface area contributed by atoms with Crippen LogP contribution in [0.15, 0.2) is 30.3 Å². The molecule has 0 spiro atoms. The Labute approximate surface area is 147 Å². The van der Waals surface area contributed by atoms with Gasteiger partial charge in [0, 0.05) is 26.6 Å². The van der Waals surface area contributed by atoms with Crippen molar-refractivity contribution in [3.05, 3.63) is 35.9 Å². The summed E-state index contributed by atoms with van der Waals surface area (Å²) in [5.41, 5.74) is 0.426. The summed E-state index contributed by atoms with van der Waals surface area (Å²) in [5, 5.41) is 14.5. The number of carbonyl (C=O) groups excluding carboxylic acids is 2. The molecule has 0 saturated heterocycles. The number of benzene rings is 1. The molecule has 0 aliphatic heterocycles.